The zero-order valence-electron chi connectivity index (χ0n) is 9.60. The fourth-order valence-corrected chi connectivity index (χ4v) is 5.88. The fourth-order valence-electron chi connectivity index (χ4n) is 1.93. The van der Waals surface area contributed by atoms with Crippen LogP contribution in [0.5, 0.6) is 0 Å². The van der Waals surface area contributed by atoms with Gasteiger partial charge < -0.3 is 5.11 Å². The lowest BCUT2D eigenvalue weighted by atomic mass is 10.1. The lowest BCUT2D eigenvalue weighted by Gasteiger charge is -2.18. The topological polar surface area (TPSA) is 57.6 Å². The van der Waals surface area contributed by atoms with Crippen molar-refractivity contribution in [2.24, 2.45) is 0 Å². The summed E-state index contributed by atoms with van der Waals surface area (Å²) in [5.74, 6) is 0. The van der Waals surface area contributed by atoms with Crippen molar-refractivity contribution in [1.29, 1.82) is 0 Å². The first-order chi connectivity index (χ1) is 7.72. The molecule has 17 heavy (non-hydrogen) atoms. The van der Waals surface area contributed by atoms with Gasteiger partial charge in [-0.3, -0.25) is 0 Å². The summed E-state index contributed by atoms with van der Waals surface area (Å²) >= 11 is 4.70. The lowest BCUT2D eigenvalue weighted by Crippen LogP contribution is -2.34. The summed E-state index contributed by atoms with van der Waals surface area (Å²) < 4.78 is 26.9. The van der Waals surface area contributed by atoms with Crippen molar-refractivity contribution in [3.8, 4) is 0 Å². The van der Waals surface area contributed by atoms with Crippen LogP contribution >= 0.6 is 27.3 Å². The molecule has 1 aliphatic rings. The smallest absolute Gasteiger partial charge is 0.244 e. The minimum absolute atomic E-state index is 0.169. The van der Waals surface area contributed by atoms with Gasteiger partial charge in [-0.1, -0.05) is 0 Å². The average molecular weight is 340 g/mol. The highest BCUT2D eigenvalue weighted by atomic mass is 79.9. The highest BCUT2D eigenvalue weighted by molar-refractivity contribution is 9.11. The summed E-state index contributed by atoms with van der Waals surface area (Å²) in [6.07, 6.45) is 0.483. The highest BCUT2D eigenvalue weighted by Crippen LogP contribution is 2.34. The van der Waals surface area contributed by atoms with Crippen molar-refractivity contribution in [2.45, 2.75) is 30.8 Å². The van der Waals surface area contributed by atoms with Crippen LogP contribution < -0.4 is 0 Å². The van der Waals surface area contributed by atoms with Crippen LogP contribution in [0.2, 0.25) is 0 Å². The molecule has 1 atom stereocenters. The molecule has 0 aromatic carbocycles. The minimum atomic E-state index is -3.47. The van der Waals surface area contributed by atoms with Gasteiger partial charge in [0.1, 0.15) is 0 Å². The summed E-state index contributed by atoms with van der Waals surface area (Å²) in [6, 6.07) is 1.63. The number of halogens is 1. The van der Waals surface area contributed by atoms with Crippen molar-refractivity contribution in [3.05, 3.63) is 14.7 Å². The maximum Gasteiger partial charge on any atom is 0.244 e. The highest BCUT2D eigenvalue weighted by Gasteiger charge is 2.39. The molecule has 1 aromatic rings. The Kier molecular flexibility index (Phi) is 3.42. The van der Waals surface area contributed by atoms with Crippen LogP contribution in [0, 0.1) is 6.92 Å². The van der Waals surface area contributed by atoms with Crippen molar-refractivity contribution in [1.82, 2.24) is 4.31 Å². The van der Waals surface area contributed by atoms with Crippen LogP contribution in [0.1, 0.15) is 18.2 Å². The Labute approximate surface area is 113 Å². The van der Waals surface area contributed by atoms with Crippen LogP contribution in [0.4, 0.5) is 0 Å². The number of hydrogen-bond donors (Lipinski definition) is 1. The number of hydrogen-bond acceptors (Lipinski definition) is 4. The van der Waals surface area contributed by atoms with E-state index < -0.39 is 15.6 Å². The van der Waals surface area contributed by atoms with Gasteiger partial charge in [-0.15, -0.1) is 11.3 Å². The van der Waals surface area contributed by atoms with Crippen molar-refractivity contribution >= 4 is 37.3 Å². The molecule has 1 unspecified atom stereocenters. The van der Waals surface area contributed by atoms with E-state index >= 15 is 0 Å². The molecule has 1 aromatic heterocycles. The number of rotatable bonds is 2. The number of nitrogens with zero attached hydrogens (tertiary/aromatic N) is 1. The van der Waals surface area contributed by atoms with E-state index in [-0.39, 0.29) is 6.54 Å². The molecule has 1 aliphatic heterocycles. The van der Waals surface area contributed by atoms with Gasteiger partial charge in [-0.25, -0.2) is 8.42 Å². The van der Waals surface area contributed by atoms with Gasteiger partial charge in [0.15, 0.2) is 0 Å². The van der Waals surface area contributed by atoms with E-state index in [1.54, 1.807) is 19.9 Å². The molecule has 0 bridgehead atoms. The lowest BCUT2D eigenvalue weighted by molar-refractivity contribution is 0.0762. The Morgan fingerprint density at radius 3 is 2.65 bits per heavy atom. The molecule has 2 heterocycles. The van der Waals surface area contributed by atoms with E-state index in [9.17, 15) is 13.5 Å². The summed E-state index contributed by atoms with van der Waals surface area (Å²) in [6.45, 7) is 4.00. The monoisotopic (exact) mass is 339 g/mol. The second-order valence-electron chi connectivity index (χ2n) is 4.56. The van der Waals surface area contributed by atoms with E-state index in [2.05, 4.69) is 15.9 Å². The Hall–Kier alpha value is 0.0500. The number of aliphatic hydroxyl groups is 1. The second-order valence-corrected chi connectivity index (χ2v) is 9.10. The first-order valence-electron chi connectivity index (χ1n) is 5.21. The first kappa shape index (κ1) is 13.5. The quantitative estimate of drug-likeness (QED) is 0.896. The van der Waals surface area contributed by atoms with Crippen molar-refractivity contribution < 1.29 is 13.5 Å². The van der Waals surface area contributed by atoms with Gasteiger partial charge in [0, 0.05) is 18.0 Å². The Morgan fingerprint density at radius 2 is 2.24 bits per heavy atom. The van der Waals surface area contributed by atoms with Crippen LogP contribution in [0.15, 0.2) is 14.7 Å². The molecule has 0 radical (unpaired) electrons. The Morgan fingerprint density at radius 1 is 1.59 bits per heavy atom. The molecule has 96 valence electrons. The third-order valence-electron chi connectivity index (χ3n) is 2.88. The summed E-state index contributed by atoms with van der Waals surface area (Å²) in [7, 11) is -3.47. The maximum atomic E-state index is 12.4. The molecule has 0 saturated carbocycles. The van der Waals surface area contributed by atoms with Crippen molar-refractivity contribution in [3.63, 3.8) is 0 Å². The van der Waals surface area contributed by atoms with Crippen LogP contribution in [0.25, 0.3) is 0 Å². The molecule has 4 nitrogen and oxygen atoms in total. The molecule has 1 saturated heterocycles. The Bertz CT molecular complexity index is 536. The number of sulfonamides is 1. The molecule has 0 spiro atoms. The van der Waals surface area contributed by atoms with Gasteiger partial charge in [0.25, 0.3) is 0 Å². The average Bonchev–Trinajstić information content (AvgIpc) is 2.69. The molecular formula is C10H14BrNO3S2. The zero-order valence-corrected chi connectivity index (χ0v) is 12.8. The predicted molar refractivity (Wildman–Crippen MR) is 70.8 cm³/mol. The first-order valence-corrected chi connectivity index (χ1v) is 8.26. The molecule has 2 rings (SSSR count). The SMILES string of the molecule is Cc1sc(Br)cc1S(=O)(=O)N1CCC(C)(O)C1. The summed E-state index contributed by atoms with van der Waals surface area (Å²) in [4.78, 5) is 1.11. The number of thiophene rings is 1. The predicted octanol–water partition coefficient (Wildman–Crippen LogP) is 1.96. The third-order valence-corrected chi connectivity index (χ3v) is 6.53. The van der Waals surface area contributed by atoms with E-state index in [4.69, 9.17) is 0 Å². The van der Waals surface area contributed by atoms with Crippen LogP contribution in [-0.2, 0) is 10.0 Å². The zero-order chi connectivity index (χ0) is 12.8. The number of aryl methyl sites for hydroxylation is 1. The standard InChI is InChI=1S/C10H14BrNO3S2/c1-7-8(5-9(11)16-7)17(14,15)12-4-3-10(2,13)6-12/h5,13H,3-4,6H2,1-2H3. The molecule has 1 N–H and O–H groups in total. The fraction of sp³-hybridized carbons (Fsp3) is 0.600. The summed E-state index contributed by atoms with van der Waals surface area (Å²) in [5.41, 5.74) is -0.909. The van der Waals surface area contributed by atoms with Crippen LogP contribution in [-0.4, -0.2) is 36.5 Å². The van der Waals surface area contributed by atoms with Gasteiger partial charge >= 0.3 is 0 Å². The molecule has 7 heteroatoms. The summed E-state index contributed by atoms with van der Waals surface area (Å²) in [5, 5.41) is 9.84. The molecule has 0 aliphatic carbocycles. The normalized spacial score (nSPS) is 26.6. The molecule has 1 fully saturated rings. The van der Waals surface area contributed by atoms with Gasteiger partial charge in [-0.2, -0.15) is 4.31 Å². The van der Waals surface area contributed by atoms with Crippen molar-refractivity contribution in [2.75, 3.05) is 13.1 Å². The third kappa shape index (κ3) is 2.58. The van der Waals surface area contributed by atoms with E-state index in [0.29, 0.717) is 17.9 Å². The molecule has 0 amide bonds. The number of β-amino-alcohol motifs (C(OH)–C–C–N with tert-alkyl or cyclic N) is 1. The van der Waals surface area contributed by atoms with E-state index in [1.807, 2.05) is 0 Å². The van der Waals surface area contributed by atoms with Gasteiger partial charge in [-0.05, 0) is 42.3 Å². The largest absolute Gasteiger partial charge is 0.389 e. The van der Waals surface area contributed by atoms with E-state index in [0.717, 1.165) is 8.66 Å². The minimum Gasteiger partial charge on any atom is -0.389 e. The second kappa shape index (κ2) is 4.31. The van der Waals surface area contributed by atoms with Gasteiger partial charge in [0.05, 0.1) is 14.3 Å². The maximum absolute atomic E-state index is 12.4. The van der Waals surface area contributed by atoms with Crippen LogP contribution in [0.3, 0.4) is 0 Å². The van der Waals surface area contributed by atoms with Gasteiger partial charge in [0.2, 0.25) is 10.0 Å². The van der Waals surface area contributed by atoms with E-state index in [1.165, 1.54) is 15.6 Å². The molecular weight excluding hydrogens is 326 g/mol. The Balaban J connectivity index is 2.35.